The van der Waals surface area contributed by atoms with E-state index in [2.05, 4.69) is 25.9 Å². The van der Waals surface area contributed by atoms with Gasteiger partial charge in [0.2, 0.25) is 5.91 Å². The molecule has 1 unspecified atom stereocenters. The first-order valence-corrected chi connectivity index (χ1v) is 8.97. The molecule has 0 fully saturated rings. The van der Waals surface area contributed by atoms with Crippen LogP contribution in [-0.2, 0) is 24.2 Å². The molecule has 2 aromatic rings. The smallest absolute Gasteiger partial charge is 0.254 e. The van der Waals surface area contributed by atoms with Crippen molar-refractivity contribution in [3.05, 3.63) is 62.2 Å². The van der Waals surface area contributed by atoms with Crippen LogP contribution in [0.4, 0.5) is 0 Å². The van der Waals surface area contributed by atoms with Crippen LogP contribution in [-0.4, -0.2) is 27.3 Å². The summed E-state index contributed by atoms with van der Waals surface area (Å²) in [6, 6.07) is 8.01. The van der Waals surface area contributed by atoms with Crippen LogP contribution in [0, 0.1) is 5.92 Å². The molecule has 0 spiro atoms. The zero-order valence-electron chi connectivity index (χ0n) is 13.6. The Balaban J connectivity index is 1.75. The molecule has 3 rings (SSSR count). The Morgan fingerprint density at radius 1 is 1.42 bits per heavy atom. The number of hydrogen-bond acceptors (Lipinski definition) is 3. The van der Waals surface area contributed by atoms with E-state index in [1.54, 1.807) is 0 Å². The highest BCUT2D eigenvalue weighted by atomic mass is 79.9. The molecule has 1 atom stereocenters. The van der Waals surface area contributed by atoms with Gasteiger partial charge in [0, 0.05) is 22.5 Å². The van der Waals surface area contributed by atoms with E-state index in [4.69, 9.17) is 0 Å². The molecule has 0 bridgehead atoms. The zero-order valence-corrected chi connectivity index (χ0v) is 15.2. The lowest BCUT2D eigenvalue weighted by Crippen LogP contribution is -2.42. The van der Waals surface area contributed by atoms with Gasteiger partial charge in [0.05, 0.1) is 18.6 Å². The van der Waals surface area contributed by atoms with Crippen molar-refractivity contribution < 1.29 is 4.79 Å². The quantitative estimate of drug-likeness (QED) is 0.873. The van der Waals surface area contributed by atoms with Crippen LogP contribution in [0.5, 0.6) is 0 Å². The first kappa shape index (κ1) is 16.9. The Hall–Kier alpha value is -1.95. The minimum absolute atomic E-state index is 0.0627. The SMILES string of the molecule is CCC(Cc1ccccc1Br)C(=O)N1CCc2c(nc[nH]c2=O)C1. The molecule has 24 heavy (non-hydrogen) atoms. The molecular formula is C18H20BrN3O2. The maximum Gasteiger partial charge on any atom is 0.254 e. The van der Waals surface area contributed by atoms with E-state index >= 15 is 0 Å². The Morgan fingerprint density at radius 3 is 2.96 bits per heavy atom. The zero-order chi connectivity index (χ0) is 17.1. The summed E-state index contributed by atoms with van der Waals surface area (Å²) in [4.78, 5) is 33.4. The van der Waals surface area contributed by atoms with Crippen LogP contribution in [0.25, 0.3) is 0 Å². The molecule has 0 aliphatic carbocycles. The lowest BCUT2D eigenvalue weighted by molar-refractivity contribution is -0.136. The molecule has 1 aliphatic rings. The molecule has 1 N–H and O–H groups in total. The van der Waals surface area contributed by atoms with Gasteiger partial charge >= 0.3 is 0 Å². The summed E-state index contributed by atoms with van der Waals surface area (Å²) < 4.78 is 1.04. The van der Waals surface area contributed by atoms with Crippen molar-refractivity contribution in [2.24, 2.45) is 5.92 Å². The van der Waals surface area contributed by atoms with Gasteiger partial charge < -0.3 is 9.88 Å². The Labute approximate surface area is 149 Å². The fourth-order valence-corrected chi connectivity index (χ4v) is 3.59. The number of carbonyl (C=O) groups is 1. The van der Waals surface area contributed by atoms with Crippen molar-refractivity contribution >= 4 is 21.8 Å². The number of carbonyl (C=O) groups excluding carboxylic acids is 1. The van der Waals surface area contributed by atoms with Gasteiger partial charge in [0.1, 0.15) is 0 Å². The van der Waals surface area contributed by atoms with Crippen LogP contribution in [0.15, 0.2) is 39.9 Å². The standard InChI is InChI=1S/C18H20BrN3O2/c1-2-12(9-13-5-3-4-6-15(13)19)18(24)22-8-7-14-16(10-22)20-11-21-17(14)23/h3-6,11-12H,2,7-10H2,1H3,(H,20,21,23). The summed E-state index contributed by atoms with van der Waals surface area (Å²) in [6.07, 6.45) is 3.47. The fourth-order valence-electron chi connectivity index (χ4n) is 3.15. The Morgan fingerprint density at radius 2 is 2.21 bits per heavy atom. The van der Waals surface area contributed by atoms with Gasteiger partial charge in [-0.3, -0.25) is 9.59 Å². The second kappa shape index (κ2) is 7.30. The number of rotatable bonds is 4. The highest BCUT2D eigenvalue weighted by Gasteiger charge is 2.28. The topological polar surface area (TPSA) is 66.1 Å². The van der Waals surface area contributed by atoms with Gasteiger partial charge in [-0.1, -0.05) is 41.1 Å². The van der Waals surface area contributed by atoms with E-state index in [0.717, 1.165) is 16.5 Å². The number of aromatic nitrogens is 2. The van der Waals surface area contributed by atoms with Crippen molar-refractivity contribution in [3.8, 4) is 0 Å². The number of H-pyrrole nitrogens is 1. The lowest BCUT2D eigenvalue weighted by atomic mass is 9.94. The molecule has 1 amide bonds. The Bertz CT molecular complexity index is 803. The number of fused-ring (bicyclic) bond motifs is 1. The van der Waals surface area contributed by atoms with Gasteiger partial charge in [-0.25, -0.2) is 4.98 Å². The predicted octanol–water partition coefficient (Wildman–Crippen LogP) is 2.69. The number of hydrogen-bond donors (Lipinski definition) is 1. The van der Waals surface area contributed by atoms with E-state index in [0.29, 0.717) is 37.2 Å². The molecule has 1 aromatic heterocycles. The van der Waals surface area contributed by atoms with Crippen LogP contribution in [0.3, 0.4) is 0 Å². The number of nitrogens with one attached hydrogen (secondary N) is 1. The third kappa shape index (κ3) is 3.43. The molecule has 1 aliphatic heterocycles. The molecule has 6 heteroatoms. The first-order chi connectivity index (χ1) is 11.6. The van der Waals surface area contributed by atoms with E-state index in [1.165, 1.54) is 6.33 Å². The predicted molar refractivity (Wildman–Crippen MR) is 95.6 cm³/mol. The molecule has 0 radical (unpaired) electrons. The summed E-state index contributed by atoms with van der Waals surface area (Å²) in [7, 11) is 0. The highest BCUT2D eigenvalue weighted by molar-refractivity contribution is 9.10. The maximum atomic E-state index is 12.9. The number of amides is 1. The number of benzene rings is 1. The van der Waals surface area contributed by atoms with Gasteiger partial charge in [-0.2, -0.15) is 0 Å². The monoisotopic (exact) mass is 389 g/mol. The van der Waals surface area contributed by atoms with Crippen LogP contribution in [0.1, 0.15) is 30.2 Å². The average molecular weight is 390 g/mol. The minimum atomic E-state index is -0.0904. The first-order valence-electron chi connectivity index (χ1n) is 8.17. The summed E-state index contributed by atoms with van der Waals surface area (Å²) in [5, 5.41) is 0. The van der Waals surface area contributed by atoms with Gasteiger partial charge in [-0.05, 0) is 30.9 Å². The molecule has 0 saturated carbocycles. The van der Waals surface area contributed by atoms with E-state index in [9.17, 15) is 9.59 Å². The van der Waals surface area contributed by atoms with Crippen LogP contribution < -0.4 is 5.56 Å². The van der Waals surface area contributed by atoms with Gasteiger partial charge in [0.25, 0.3) is 5.56 Å². The minimum Gasteiger partial charge on any atom is -0.336 e. The molecule has 2 heterocycles. The Kier molecular flexibility index (Phi) is 5.14. The van der Waals surface area contributed by atoms with Crippen molar-refractivity contribution in [1.29, 1.82) is 0 Å². The normalized spacial score (nSPS) is 15.0. The molecule has 0 saturated heterocycles. The summed E-state index contributed by atoms with van der Waals surface area (Å²) >= 11 is 3.56. The van der Waals surface area contributed by atoms with E-state index in [-0.39, 0.29) is 17.4 Å². The van der Waals surface area contributed by atoms with Crippen LogP contribution in [0.2, 0.25) is 0 Å². The van der Waals surface area contributed by atoms with Crippen LogP contribution >= 0.6 is 15.9 Å². The number of halogens is 1. The second-order valence-electron chi connectivity index (χ2n) is 6.07. The molecule has 5 nitrogen and oxygen atoms in total. The lowest BCUT2D eigenvalue weighted by Gasteiger charge is -2.30. The molecule has 126 valence electrons. The average Bonchev–Trinajstić information content (AvgIpc) is 2.60. The van der Waals surface area contributed by atoms with Crippen molar-refractivity contribution in [2.45, 2.75) is 32.7 Å². The molecule has 1 aromatic carbocycles. The number of nitrogens with zero attached hydrogens (tertiary/aromatic N) is 2. The third-order valence-electron chi connectivity index (χ3n) is 4.59. The van der Waals surface area contributed by atoms with E-state index < -0.39 is 0 Å². The van der Waals surface area contributed by atoms with Gasteiger partial charge in [0.15, 0.2) is 0 Å². The van der Waals surface area contributed by atoms with Gasteiger partial charge in [-0.15, -0.1) is 0 Å². The summed E-state index contributed by atoms with van der Waals surface area (Å²) in [6.45, 7) is 3.04. The highest BCUT2D eigenvalue weighted by Crippen LogP contribution is 2.24. The van der Waals surface area contributed by atoms with Crippen molar-refractivity contribution in [2.75, 3.05) is 6.54 Å². The maximum absolute atomic E-state index is 12.9. The largest absolute Gasteiger partial charge is 0.336 e. The fraction of sp³-hybridized carbons (Fsp3) is 0.389. The van der Waals surface area contributed by atoms with E-state index in [1.807, 2.05) is 36.1 Å². The van der Waals surface area contributed by atoms with Crippen molar-refractivity contribution in [3.63, 3.8) is 0 Å². The number of aromatic amines is 1. The van der Waals surface area contributed by atoms with Crippen molar-refractivity contribution in [1.82, 2.24) is 14.9 Å². The summed E-state index contributed by atoms with van der Waals surface area (Å²) in [5.74, 6) is 0.0771. The molecular weight excluding hydrogens is 370 g/mol. The summed E-state index contributed by atoms with van der Waals surface area (Å²) in [5.41, 5.74) is 2.48. The second-order valence-corrected chi connectivity index (χ2v) is 6.92. The third-order valence-corrected chi connectivity index (χ3v) is 5.36.